The number of benzene rings is 1. The van der Waals surface area contributed by atoms with Crippen LogP contribution in [-0.2, 0) is 10.0 Å². The fourth-order valence-electron chi connectivity index (χ4n) is 3.51. The smallest absolute Gasteiger partial charge is 0.246 e. The summed E-state index contributed by atoms with van der Waals surface area (Å²) in [6.45, 7) is 7.37. The van der Waals surface area contributed by atoms with Gasteiger partial charge in [-0.25, -0.2) is 13.1 Å². The van der Waals surface area contributed by atoms with Crippen molar-refractivity contribution in [3.05, 3.63) is 41.3 Å². The van der Waals surface area contributed by atoms with Crippen molar-refractivity contribution in [3.63, 3.8) is 0 Å². The molecule has 1 aliphatic rings. The van der Waals surface area contributed by atoms with E-state index in [9.17, 15) is 8.42 Å². The number of ether oxygens (including phenoxy) is 1. The number of hydrogen-bond donors (Lipinski definition) is 1. The summed E-state index contributed by atoms with van der Waals surface area (Å²) in [6, 6.07) is 7.24. The van der Waals surface area contributed by atoms with E-state index in [2.05, 4.69) is 23.7 Å². The quantitative estimate of drug-likeness (QED) is 0.876. The summed E-state index contributed by atoms with van der Waals surface area (Å²) in [5, 5.41) is 3.76. The molecule has 0 saturated carbocycles. The molecule has 0 aliphatic carbocycles. The molecule has 0 bridgehead atoms. The maximum atomic E-state index is 12.9. The summed E-state index contributed by atoms with van der Waals surface area (Å²) < 4.78 is 40.0. The Morgan fingerprint density at radius 3 is 2.52 bits per heavy atom. The predicted octanol–water partition coefficient (Wildman–Crippen LogP) is 3.65. The Kier molecular flexibility index (Phi) is 4.64. The number of hydrogen-bond acceptors (Lipinski definition) is 5. The molecule has 1 atom stereocenters. The normalized spacial score (nSPS) is 19.3. The fraction of sp³-hybridized carbons (Fsp3) is 0.500. The summed E-state index contributed by atoms with van der Waals surface area (Å²) in [6.07, 6.45) is 2.20. The molecule has 6 nitrogen and oxygen atoms in total. The molecule has 1 N–H and O–H groups in total. The average molecular weight is 364 g/mol. The van der Waals surface area contributed by atoms with Gasteiger partial charge in [0.1, 0.15) is 21.9 Å². The molecule has 0 amide bonds. The van der Waals surface area contributed by atoms with Crippen LogP contribution >= 0.6 is 0 Å². The molecule has 0 saturated heterocycles. The monoisotopic (exact) mass is 364 g/mol. The Balaban J connectivity index is 2.01. The molecule has 1 aliphatic heterocycles. The lowest BCUT2D eigenvalue weighted by Crippen LogP contribution is -2.44. The van der Waals surface area contributed by atoms with Crippen LogP contribution in [0.5, 0.6) is 5.75 Å². The maximum absolute atomic E-state index is 12.9. The van der Waals surface area contributed by atoms with Crippen LogP contribution in [0.15, 0.2) is 33.7 Å². The highest BCUT2D eigenvalue weighted by molar-refractivity contribution is 7.89. The average Bonchev–Trinajstić information content (AvgIpc) is 2.93. The Bertz CT molecular complexity index is 849. The minimum atomic E-state index is -3.75. The Hall–Kier alpha value is -1.86. The van der Waals surface area contributed by atoms with Crippen molar-refractivity contribution in [1.82, 2.24) is 9.88 Å². The minimum absolute atomic E-state index is 0.120. The van der Waals surface area contributed by atoms with Gasteiger partial charge in [0.2, 0.25) is 10.0 Å². The van der Waals surface area contributed by atoms with Gasteiger partial charge in [-0.15, -0.1) is 0 Å². The van der Waals surface area contributed by atoms with E-state index in [0.717, 1.165) is 24.2 Å². The molecule has 0 unspecified atom stereocenters. The lowest BCUT2D eigenvalue weighted by molar-refractivity contribution is 0.0260. The zero-order valence-electron chi connectivity index (χ0n) is 15.0. The Morgan fingerprint density at radius 2 is 1.92 bits per heavy atom. The molecule has 2 aromatic rings. The van der Waals surface area contributed by atoms with E-state index < -0.39 is 10.0 Å². The molecule has 136 valence electrons. The highest BCUT2D eigenvalue weighted by Gasteiger charge is 2.40. The van der Waals surface area contributed by atoms with E-state index in [1.54, 1.807) is 13.8 Å². The zero-order chi connectivity index (χ0) is 18.2. The second-order valence-corrected chi connectivity index (χ2v) is 8.21. The molecule has 0 fully saturated rings. The Morgan fingerprint density at radius 1 is 1.24 bits per heavy atom. The van der Waals surface area contributed by atoms with Gasteiger partial charge in [0.15, 0.2) is 5.76 Å². The lowest BCUT2D eigenvalue weighted by atomic mass is 9.84. The van der Waals surface area contributed by atoms with Crippen LogP contribution < -0.4 is 9.46 Å². The summed E-state index contributed by atoms with van der Waals surface area (Å²) in [5.41, 5.74) is 0.846. The lowest BCUT2D eigenvalue weighted by Gasteiger charge is -2.41. The van der Waals surface area contributed by atoms with E-state index in [-0.39, 0.29) is 16.5 Å². The molecule has 1 aromatic carbocycles. The van der Waals surface area contributed by atoms with Gasteiger partial charge in [0.25, 0.3) is 0 Å². The van der Waals surface area contributed by atoms with Crippen LogP contribution in [0.2, 0.25) is 0 Å². The first-order valence-corrected chi connectivity index (χ1v) is 10.0. The first kappa shape index (κ1) is 17.9. The van der Waals surface area contributed by atoms with Crippen molar-refractivity contribution in [3.8, 4) is 5.75 Å². The summed E-state index contributed by atoms with van der Waals surface area (Å²) in [5.74, 6) is 1.03. The van der Waals surface area contributed by atoms with Crippen molar-refractivity contribution >= 4 is 10.0 Å². The van der Waals surface area contributed by atoms with Crippen molar-refractivity contribution in [1.29, 1.82) is 0 Å². The maximum Gasteiger partial charge on any atom is 0.246 e. The van der Waals surface area contributed by atoms with Crippen LogP contribution in [0.3, 0.4) is 0 Å². The van der Waals surface area contributed by atoms with Gasteiger partial charge in [0.05, 0.1) is 6.04 Å². The third kappa shape index (κ3) is 3.18. The fourth-order valence-corrected chi connectivity index (χ4v) is 5.06. The number of fused-ring (bicyclic) bond motifs is 1. The van der Waals surface area contributed by atoms with E-state index >= 15 is 0 Å². The standard InChI is InChI=1S/C18H24N2O4S/c1-5-18(6-2)11-15(14-9-7-8-10-16(14)23-18)20-25(21,22)17-12(3)19-24-13(17)4/h7-10,15,20H,5-6,11H2,1-4H3/t15-/m1/s1. The first-order valence-electron chi connectivity index (χ1n) is 8.55. The van der Waals surface area contributed by atoms with Crippen molar-refractivity contribution in [2.75, 3.05) is 0 Å². The highest BCUT2D eigenvalue weighted by atomic mass is 32.2. The second kappa shape index (κ2) is 6.46. The molecule has 0 spiro atoms. The largest absolute Gasteiger partial charge is 0.487 e. The Labute approximate surface area is 148 Å². The molecular weight excluding hydrogens is 340 g/mol. The third-order valence-corrected chi connectivity index (χ3v) is 6.73. The van der Waals surface area contributed by atoms with Crippen molar-refractivity contribution < 1.29 is 17.7 Å². The molecular formula is C18H24N2O4S. The molecule has 25 heavy (non-hydrogen) atoms. The van der Waals surface area contributed by atoms with Gasteiger partial charge in [-0.1, -0.05) is 37.2 Å². The van der Waals surface area contributed by atoms with Crippen LogP contribution in [0.1, 0.15) is 56.2 Å². The van der Waals surface area contributed by atoms with Gasteiger partial charge in [0, 0.05) is 12.0 Å². The van der Waals surface area contributed by atoms with Crippen molar-refractivity contribution in [2.24, 2.45) is 0 Å². The first-order chi connectivity index (χ1) is 11.8. The van der Waals surface area contributed by atoms with E-state index in [1.807, 2.05) is 24.3 Å². The van der Waals surface area contributed by atoms with Gasteiger partial charge in [-0.05, 0) is 32.8 Å². The van der Waals surface area contributed by atoms with Crippen molar-refractivity contribution in [2.45, 2.75) is 63.5 Å². The van der Waals surface area contributed by atoms with E-state index in [4.69, 9.17) is 9.26 Å². The topological polar surface area (TPSA) is 81.4 Å². The summed E-state index contributed by atoms with van der Waals surface area (Å²) >= 11 is 0. The van der Waals surface area contributed by atoms with Crippen LogP contribution in [0.25, 0.3) is 0 Å². The van der Waals surface area contributed by atoms with Crippen LogP contribution in [-0.4, -0.2) is 19.2 Å². The van der Waals surface area contributed by atoms with Gasteiger partial charge in [-0.3, -0.25) is 0 Å². The van der Waals surface area contributed by atoms with E-state index in [0.29, 0.717) is 17.9 Å². The van der Waals surface area contributed by atoms with Gasteiger partial charge < -0.3 is 9.26 Å². The molecule has 0 radical (unpaired) electrons. The number of rotatable bonds is 5. The number of sulfonamides is 1. The molecule has 2 heterocycles. The van der Waals surface area contributed by atoms with Crippen LogP contribution in [0.4, 0.5) is 0 Å². The van der Waals surface area contributed by atoms with Gasteiger partial charge in [-0.2, -0.15) is 0 Å². The summed E-state index contributed by atoms with van der Waals surface area (Å²) in [4.78, 5) is 0.120. The van der Waals surface area contributed by atoms with E-state index in [1.165, 1.54) is 0 Å². The number of aryl methyl sites for hydroxylation is 2. The molecule has 3 rings (SSSR count). The second-order valence-electron chi connectivity index (χ2n) is 6.56. The number of nitrogens with one attached hydrogen (secondary N) is 1. The number of aromatic nitrogens is 1. The summed E-state index contributed by atoms with van der Waals surface area (Å²) in [7, 11) is -3.75. The number of para-hydroxylation sites is 1. The van der Waals surface area contributed by atoms with Gasteiger partial charge >= 0.3 is 0 Å². The molecule has 7 heteroatoms. The zero-order valence-corrected chi connectivity index (χ0v) is 15.8. The molecule has 1 aromatic heterocycles. The third-order valence-electron chi connectivity index (χ3n) is 5.02. The highest BCUT2D eigenvalue weighted by Crippen LogP contribution is 2.43. The van der Waals surface area contributed by atoms with Crippen LogP contribution in [0, 0.1) is 13.8 Å². The minimum Gasteiger partial charge on any atom is -0.487 e. The SMILES string of the molecule is CCC1(CC)C[C@@H](NS(=O)(=O)c2c(C)noc2C)c2ccccc2O1. The number of nitrogens with zero attached hydrogens (tertiary/aromatic N) is 1. The predicted molar refractivity (Wildman–Crippen MR) is 94.0 cm³/mol.